The second-order valence-electron chi connectivity index (χ2n) is 2.13. The van der Waals surface area contributed by atoms with Crippen molar-refractivity contribution in [2.24, 2.45) is 17.4 Å². The lowest BCUT2D eigenvalue weighted by Crippen LogP contribution is -2.13. The Morgan fingerprint density at radius 3 is 2.08 bits per heavy atom. The van der Waals surface area contributed by atoms with Crippen molar-refractivity contribution in [3.05, 3.63) is 35.9 Å². The SMILES string of the molecule is NC(=O)Cc1ccccc1.NN. The summed E-state index contributed by atoms with van der Waals surface area (Å²) in [6, 6.07) is 9.44. The van der Waals surface area contributed by atoms with Gasteiger partial charge in [0.25, 0.3) is 0 Å². The van der Waals surface area contributed by atoms with Crippen LogP contribution in [0.4, 0.5) is 0 Å². The number of nitrogens with two attached hydrogens (primary N) is 3. The summed E-state index contributed by atoms with van der Waals surface area (Å²) < 4.78 is 0. The van der Waals surface area contributed by atoms with E-state index >= 15 is 0 Å². The van der Waals surface area contributed by atoms with Gasteiger partial charge < -0.3 is 5.73 Å². The molecule has 1 aromatic carbocycles. The largest absolute Gasteiger partial charge is 0.369 e. The second kappa shape index (κ2) is 6.33. The molecule has 0 unspecified atom stereocenters. The number of primary amides is 1. The summed E-state index contributed by atoms with van der Waals surface area (Å²) in [5, 5.41) is 0. The highest BCUT2D eigenvalue weighted by Crippen LogP contribution is 1.97. The predicted octanol–water partition coefficient (Wildman–Crippen LogP) is -0.467. The van der Waals surface area contributed by atoms with Crippen molar-refractivity contribution in [1.82, 2.24) is 0 Å². The van der Waals surface area contributed by atoms with Crippen LogP contribution in [0.3, 0.4) is 0 Å². The molecule has 1 amide bonds. The minimum atomic E-state index is -0.286. The first-order valence-electron chi connectivity index (χ1n) is 3.44. The topological polar surface area (TPSA) is 95.1 Å². The van der Waals surface area contributed by atoms with E-state index in [0.29, 0.717) is 6.42 Å². The van der Waals surface area contributed by atoms with Gasteiger partial charge in [0, 0.05) is 0 Å². The van der Waals surface area contributed by atoms with Gasteiger partial charge in [0.05, 0.1) is 6.42 Å². The molecule has 0 spiro atoms. The quantitative estimate of drug-likeness (QED) is 0.410. The molecule has 0 bridgehead atoms. The van der Waals surface area contributed by atoms with Gasteiger partial charge in [-0.1, -0.05) is 30.3 Å². The average Bonchev–Trinajstić information content (AvgIpc) is 2.08. The smallest absolute Gasteiger partial charge is 0.221 e. The monoisotopic (exact) mass is 167 g/mol. The van der Waals surface area contributed by atoms with E-state index in [-0.39, 0.29) is 5.91 Å². The molecule has 0 aliphatic carbocycles. The van der Waals surface area contributed by atoms with Crippen LogP contribution in [0.25, 0.3) is 0 Å². The van der Waals surface area contributed by atoms with E-state index in [0.717, 1.165) is 5.56 Å². The Morgan fingerprint density at radius 2 is 1.67 bits per heavy atom. The molecule has 12 heavy (non-hydrogen) atoms. The van der Waals surface area contributed by atoms with Crippen molar-refractivity contribution >= 4 is 5.91 Å². The third-order valence-corrected chi connectivity index (χ3v) is 1.22. The van der Waals surface area contributed by atoms with E-state index in [1.807, 2.05) is 30.3 Å². The Labute approximate surface area is 71.3 Å². The zero-order valence-electron chi connectivity index (χ0n) is 6.73. The normalized spacial score (nSPS) is 8.17. The van der Waals surface area contributed by atoms with Gasteiger partial charge in [-0.15, -0.1) is 0 Å². The summed E-state index contributed by atoms with van der Waals surface area (Å²) in [6.45, 7) is 0. The van der Waals surface area contributed by atoms with Gasteiger partial charge in [0.15, 0.2) is 0 Å². The lowest BCUT2D eigenvalue weighted by molar-refractivity contribution is -0.117. The highest BCUT2D eigenvalue weighted by molar-refractivity contribution is 5.76. The standard InChI is InChI=1S/C8H9NO.H4N2/c9-8(10)6-7-4-2-1-3-5-7;1-2/h1-5H,6H2,(H2,9,10);1-2H2. The summed E-state index contributed by atoms with van der Waals surface area (Å²) in [6.07, 6.45) is 0.334. The molecule has 0 saturated heterocycles. The van der Waals surface area contributed by atoms with Crippen LogP contribution < -0.4 is 17.4 Å². The van der Waals surface area contributed by atoms with Crippen molar-refractivity contribution in [2.75, 3.05) is 0 Å². The predicted molar refractivity (Wildman–Crippen MR) is 47.7 cm³/mol. The summed E-state index contributed by atoms with van der Waals surface area (Å²) in [5.41, 5.74) is 5.95. The minimum absolute atomic E-state index is 0.286. The van der Waals surface area contributed by atoms with Crippen LogP contribution in [0.2, 0.25) is 0 Å². The molecule has 0 saturated carbocycles. The van der Waals surface area contributed by atoms with E-state index in [4.69, 9.17) is 5.73 Å². The van der Waals surface area contributed by atoms with Crippen LogP contribution in [0.15, 0.2) is 30.3 Å². The number of amides is 1. The molecule has 0 radical (unpaired) electrons. The Bertz CT molecular complexity index is 223. The molecule has 6 N–H and O–H groups in total. The molecule has 0 atom stereocenters. The Morgan fingerprint density at radius 1 is 1.17 bits per heavy atom. The van der Waals surface area contributed by atoms with Gasteiger partial charge in [0.1, 0.15) is 0 Å². The first-order valence-corrected chi connectivity index (χ1v) is 3.44. The van der Waals surface area contributed by atoms with Gasteiger partial charge in [-0.25, -0.2) is 0 Å². The Hall–Kier alpha value is -1.39. The number of rotatable bonds is 2. The van der Waals surface area contributed by atoms with E-state index < -0.39 is 0 Å². The summed E-state index contributed by atoms with van der Waals surface area (Å²) in [5.74, 6) is 7.71. The maximum atomic E-state index is 10.4. The van der Waals surface area contributed by atoms with Crippen LogP contribution in [-0.4, -0.2) is 5.91 Å². The maximum Gasteiger partial charge on any atom is 0.221 e. The molecule has 0 heterocycles. The minimum Gasteiger partial charge on any atom is -0.369 e. The van der Waals surface area contributed by atoms with Crippen LogP contribution >= 0.6 is 0 Å². The molecule has 4 heteroatoms. The van der Waals surface area contributed by atoms with E-state index in [9.17, 15) is 4.79 Å². The number of hydrogen-bond acceptors (Lipinski definition) is 3. The van der Waals surface area contributed by atoms with Gasteiger partial charge in [-0.2, -0.15) is 0 Å². The first-order chi connectivity index (χ1) is 5.79. The number of benzene rings is 1. The van der Waals surface area contributed by atoms with Crippen LogP contribution in [0, 0.1) is 0 Å². The molecule has 1 rings (SSSR count). The highest BCUT2D eigenvalue weighted by atomic mass is 16.1. The molecular formula is C8H13N3O. The third-order valence-electron chi connectivity index (χ3n) is 1.22. The van der Waals surface area contributed by atoms with Gasteiger partial charge in [-0.3, -0.25) is 16.5 Å². The molecule has 66 valence electrons. The van der Waals surface area contributed by atoms with Gasteiger partial charge >= 0.3 is 0 Å². The molecule has 0 aliphatic rings. The maximum absolute atomic E-state index is 10.4. The Balaban J connectivity index is 0.000000561. The van der Waals surface area contributed by atoms with Crippen molar-refractivity contribution in [3.63, 3.8) is 0 Å². The van der Waals surface area contributed by atoms with Gasteiger partial charge in [0.2, 0.25) is 5.91 Å². The van der Waals surface area contributed by atoms with Gasteiger partial charge in [-0.05, 0) is 5.56 Å². The fourth-order valence-corrected chi connectivity index (χ4v) is 0.797. The fourth-order valence-electron chi connectivity index (χ4n) is 0.797. The zero-order chi connectivity index (χ0) is 9.40. The number of carbonyl (C=O) groups is 1. The first kappa shape index (κ1) is 10.6. The zero-order valence-corrected chi connectivity index (χ0v) is 6.73. The van der Waals surface area contributed by atoms with Crippen molar-refractivity contribution < 1.29 is 4.79 Å². The molecule has 0 aromatic heterocycles. The number of hydrogen-bond donors (Lipinski definition) is 3. The second-order valence-corrected chi connectivity index (χ2v) is 2.13. The van der Waals surface area contributed by atoms with Crippen molar-refractivity contribution in [3.8, 4) is 0 Å². The van der Waals surface area contributed by atoms with E-state index in [1.54, 1.807) is 0 Å². The Kier molecular flexibility index (Phi) is 5.60. The van der Waals surface area contributed by atoms with Crippen LogP contribution in [0.5, 0.6) is 0 Å². The van der Waals surface area contributed by atoms with Crippen molar-refractivity contribution in [2.45, 2.75) is 6.42 Å². The lowest BCUT2D eigenvalue weighted by Gasteiger charge is -1.93. The van der Waals surface area contributed by atoms with Crippen LogP contribution in [-0.2, 0) is 11.2 Å². The third kappa shape index (κ3) is 4.43. The molecule has 0 fully saturated rings. The summed E-state index contributed by atoms with van der Waals surface area (Å²) in [7, 11) is 0. The average molecular weight is 167 g/mol. The van der Waals surface area contributed by atoms with Crippen molar-refractivity contribution in [1.29, 1.82) is 0 Å². The number of carbonyl (C=O) groups excluding carboxylic acids is 1. The molecular weight excluding hydrogens is 154 g/mol. The molecule has 0 aliphatic heterocycles. The molecule has 4 nitrogen and oxygen atoms in total. The summed E-state index contributed by atoms with van der Waals surface area (Å²) >= 11 is 0. The lowest BCUT2D eigenvalue weighted by atomic mass is 10.1. The van der Waals surface area contributed by atoms with E-state index in [1.165, 1.54) is 0 Å². The summed E-state index contributed by atoms with van der Waals surface area (Å²) in [4.78, 5) is 10.4. The highest BCUT2D eigenvalue weighted by Gasteiger charge is 1.94. The van der Waals surface area contributed by atoms with Crippen LogP contribution in [0.1, 0.15) is 5.56 Å². The fraction of sp³-hybridized carbons (Fsp3) is 0.125. The van der Waals surface area contributed by atoms with E-state index in [2.05, 4.69) is 11.7 Å². The molecule has 1 aromatic rings. The number of hydrazine groups is 1.